The number of aromatic amines is 1. The van der Waals surface area contributed by atoms with E-state index < -0.39 is 11.9 Å². The number of anilines is 1. The van der Waals surface area contributed by atoms with Crippen LogP contribution in [-0.2, 0) is 9.53 Å². The molecule has 0 fully saturated rings. The first kappa shape index (κ1) is 16.3. The van der Waals surface area contributed by atoms with Gasteiger partial charge in [-0.15, -0.1) is 0 Å². The Labute approximate surface area is 143 Å². The highest BCUT2D eigenvalue weighted by molar-refractivity contribution is 7.98. The van der Waals surface area contributed by atoms with E-state index in [2.05, 4.69) is 15.3 Å². The van der Waals surface area contributed by atoms with Gasteiger partial charge < -0.3 is 15.0 Å². The van der Waals surface area contributed by atoms with Crippen molar-refractivity contribution < 1.29 is 9.53 Å². The molecule has 0 spiro atoms. The molecule has 2 N–H and O–H groups in total. The van der Waals surface area contributed by atoms with Gasteiger partial charge in [-0.1, -0.05) is 42.1 Å². The standard InChI is InChI=1S/C17H17N3O3S/c1-9-11(16(22)23-2)12(10-7-5-4-6-8-10)13-14(18-9)19-17(24-3)20-15(13)21/h4-8,12H,1-3H3,(H2,18,19,20,21)/t12-/m1/s1. The van der Waals surface area contributed by atoms with E-state index in [0.29, 0.717) is 27.8 Å². The lowest BCUT2D eigenvalue weighted by Gasteiger charge is -2.28. The molecule has 0 amide bonds. The number of ether oxygens (including phenoxy) is 1. The van der Waals surface area contributed by atoms with Gasteiger partial charge in [0.25, 0.3) is 5.56 Å². The SMILES string of the molecule is COC(=O)C1=C(C)Nc2nc(SC)[nH]c(=O)c2[C@@H]1c1ccccc1. The van der Waals surface area contributed by atoms with Gasteiger partial charge in [-0.25, -0.2) is 9.78 Å². The van der Waals surface area contributed by atoms with E-state index in [1.807, 2.05) is 36.6 Å². The topological polar surface area (TPSA) is 84.1 Å². The average molecular weight is 343 g/mol. The average Bonchev–Trinajstić information content (AvgIpc) is 2.60. The molecule has 1 aromatic carbocycles. The predicted molar refractivity (Wildman–Crippen MR) is 93.3 cm³/mol. The molecule has 1 aliphatic rings. The Balaban J connectivity index is 2.29. The maximum Gasteiger partial charge on any atom is 0.336 e. The summed E-state index contributed by atoms with van der Waals surface area (Å²) in [5.41, 5.74) is 2.04. The fourth-order valence-electron chi connectivity index (χ4n) is 2.89. The first-order valence-electron chi connectivity index (χ1n) is 7.36. The first-order chi connectivity index (χ1) is 11.6. The quantitative estimate of drug-likeness (QED) is 0.506. The summed E-state index contributed by atoms with van der Waals surface area (Å²) in [6.45, 7) is 1.78. The number of allylic oxidation sites excluding steroid dienone is 1. The summed E-state index contributed by atoms with van der Waals surface area (Å²) in [5, 5.41) is 3.60. The van der Waals surface area contributed by atoms with Gasteiger partial charge in [0.1, 0.15) is 5.82 Å². The minimum absolute atomic E-state index is 0.264. The van der Waals surface area contributed by atoms with Gasteiger partial charge in [-0.05, 0) is 18.7 Å². The first-order valence-corrected chi connectivity index (χ1v) is 8.58. The van der Waals surface area contributed by atoms with Crippen LogP contribution in [0.1, 0.15) is 24.0 Å². The lowest BCUT2D eigenvalue weighted by molar-refractivity contribution is -0.136. The maximum absolute atomic E-state index is 12.7. The Morgan fingerprint density at radius 1 is 1.29 bits per heavy atom. The highest BCUT2D eigenvalue weighted by Crippen LogP contribution is 2.39. The number of carbonyl (C=O) groups is 1. The molecule has 124 valence electrons. The van der Waals surface area contributed by atoms with Crippen molar-refractivity contribution >= 4 is 23.5 Å². The molecule has 2 aromatic rings. The number of nitrogens with zero attached hydrogens (tertiary/aromatic N) is 1. The van der Waals surface area contributed by atoms with Crippen LogP contribution in [-0.4, -0.2) is 29.3 Å². The second-order valence-electron chi connectivity index (χ2n) is 5.34. The van der Waals surface area contributed by atoms with Crippen LogP contribution < -0.4 is 10.9 Å². The molecule has 7 heteroatoms. The molecule has 6 nitrogen and oxygen atoms in total. The Hall–Kier alpha value is -2.54. The zero-order valence-electron chi connectivity index (χ0n) is 13.5. The van der Waals surface area contributed by atoms with Gasteiger partial charge in [0.05, 0.1) is 24.2 Å². The van der Waals surface area contributed by atoms with Crippen molar-refractivity contribution in [2.45, 2.75) is 18.0 Å². The van der Waals surface area contributed by atoms with Gasteiger partial charge in [0.2, 0.25) is 0 Å². The summed E-state index contributed by atoms with van der Waals surface area (Å²) in [5.74, 6) is -0.517. The molecule has 3 rings (SSSR count). The van der Waals surface area contributed by atoms with Crippen LogP contribution in [0.3, 0.4) is 0 Å². The van der Waals surface area contributed by atoms with Crippen molar-refractivity contribution in [1.29, 1.82) is 0 Å². The minimum Gasteiger partial charge on any atom is -0.466 e. The number of benzene rings is 1. The molecule has 1 aliphatic heterocycles. The zero-order chi connectivity index (χ0) is 17.3. The summed E-state index contributed by atoms with van der Waals surface area (Å²) in [7, 11) is 1.33. The van der Waals surface area contributed by atoms with Crippen LogP contribution in [0.4, 0.5) is 5.82 Å². The van der Waals surface area contributed by atoms with Crippen molar-refractivity contribution in [3.8, 4) is 0 Å². The van der Waals surface area contributed by atoms with Crippen molar-refractivity contribution in [3.05, 3.63) is 63.1 Å². The summed E-state index contributed by atoms with van der Waals surface area (Å²) in [6, 6.07) is 9.41. The molecule has 0 aliphatic carbocycles. The molecule has 0 unspecified atom stereocenters. The number of rotatable bonds is 3. The molecule has 0 bridgehead atoms. The Bertz CT molecular complexity index is 874. The molecular formula is C17H17N3O3S. The highest BCUT2D eigenvalue weighted by Gasteiger charge is 2.35. The van der Waals surface area contributed by atoms with Crippen LogP contribution in [0.15, 0.2) is 51.6 Å². The number of hydrogen-bond acceptors (Lipinski definition) is 6. The van der Waals surface area contributed by atoms with Crippen LogP contribution >= 0.6 is 11.8 Å². The summed E-state index contributed by atoms with van der Waals surface area (Å²) >= 11 is 1.35. The second-order valence-corrected chi connectivity index (χ2v) is 6.13. The van der Waals surface area contributed by atoms with E-state index in [9.17, 15) is 9.59 Å². The Morgan fingerprint density at radius 2 is 2.00 bits per heavy atom. The molecule has 0 saturated heterocycles. The van der Waals surface area contributed by atoms with Gasteiger partial charge in [-0.3, -0.25) is 4.79 Å². The summed E-state index contributed by atoms with van der Waals surface area (Å²) in [4.78, 5) is 32.2. The number of esters is 1. The van der Waals surface area contributed by atoms with Gasteiger partial charge in [-0.2, -0.15) is 0 Å². The number of methoxy groups -OCH3 is 1. The maximum atomic E-state index is 12.7. The number of nitrogens with one attached hydrogen (secondary N) is 2. The van der Waals surface area contributed by atoms with Gasteiger partial charge in [0, 0.05) is 5.70 Å². The normalized spacial score (nSPS) is 16.4. The molecule has 1 aromatic heterocycles. The summed E-state index contributed by atoms with van der Waals surface area (Å²) in [6.07, 6.45) is 1.84. The van der Waals surface area contributed by atoms with Gasteiger partial charge in [0.15, 0.2) is 5.16 Å². The van der Waals surface area contributed by atoms with Gasteiger partial charge >= 0.3 is 5.97 Å². The third kappa shape index (κ3) is 2.71. The number of thioether (sulfide) groups is 1. The molecular weight excluding hydrogens is 326 g/mol. The number of hydrogen-bond donors (Lipinski definition) is 2. The number of H-pyrrole nitrogens is 1. The highest BCUT2D eigenvalue weighted by atomic mass is 32.2. The van der Waals surface area contributed by atoms with Crippen LogP contribution in [0.2, 0.25) is 0 Å². The van der Waals surface area contributed by atoms with E-state index in [1.54, 1.807) is 6.92 Å². The minimum atomic E-state index is -0.526. The van der Waals surface area contributed by atoms with Crippen molar-refractivity contribution in [1.82, 2.24) is 9.97 Å². The molecule has 2 heterocycles. The van der Waals surface area contributed by atoms with Crippen LogP contribution in [0.25, 0.3) is 0 Å². The van der Waals surface area contributed by atoms with E-state index in [4.69, 9.17) is 4.74 Å². The predicted octanol–water partition coefficient (Wildman–Crippen LogP) is 2.50. The molecule has 0 saturated carbocycles. The van der Waals surface area contributed by atoms with E-state index >= 15 is 0 Å². The third-order valence-corrected chi connectivity index (χ3v) is 4.53. The van der Waals surface area contributed by atoms with E-state index in [0.717, 1.165) is 5.56 Å². The molecule has 1 atom stereocenters. The van der Waals surface area contributed by atoms with Crippen molar-refractivity contribution in [3.63, 3.8) is 0 Å². The number of aromatic nitrogens is 2. The van der Waals surface area contributed by atoms with Crippen LogP contribution in [0.5, 0.6) is 0 Å². The summed E-state index contributed by atoms with van der Waals surface area (Å²) < 4.78 is 4.94. The number of fused-ring (bicyclic) bond motifs is 1. The fourth-order valence-corrected chi connectivity index (χ4v) is 3.26. The number of carbonyl (C=O) groups excluding carboxylic acids is 1. The van der Waals surface area contributed by atoms with Crippen LogP contribution in [0, 0.1) is 0 Å². The zero-order valence-corrected chi connectivity index (χ0v) is 14.4. The largest absolute Gasteiger partial charge is 0.466 e. The van der Waals surface area contributed by atoms with Crippen molar-refractivity contribution in [2.75, 3.05) is 18.7 Å². The van der Waals surface area contributed by atoms with E-state index in [-0.39, 0.29) is 5.56 Å². The lowest BCUT2D eigenvalue weighted by Crippen LogP contribution is -2.30. The Morgan fingerprint density at radius 3 is 2.62 bits per heavy atom. The van der Waals surface area contributed by atoms with E-state index in [1.165, 1.54) is 18.9 Å². The Kier molecular flexibility index (Phi) is 4.44. The monoisotopic (exact) mass is 343 g/mol. The lowest BCUT2D eigenvalue weighted by atomic mass is 9.82. The van der Waals surface area contributed by atoms with Crippen molar-refractivity contribution in [2.24, 2.45) is 0 Å². The fraction of sp³-hybridized carbons (Fsp3) is 0.235. The molecule has 24 heavy (non-hydrogen) atoms. The molecule has 0 radical (unpaired) electrons. The second kappa shape index (κ2) is 6.52. The third-order valence-electron chi connectivity index (χ3n) is 3.95. The smallest absolute Gasteiger partial charge is 0.336 e.